The number of Topliss-reactive ketones (excluding diaryl/α,β-unsaturated/α-hetero) is 1. The van der Waals surface area contributed by atoms with Gasteiger partial charge >= 0.3 is 0 Å². The van der Waals surface area contributed by atoms with Crippen molar-refractivity contribution in [3.63, 3.8) is 0 Å². The average Bonchev–Trinajstić information content (AvgIpc) is 3.14. The highest BCUT2D eigenvalue weighted by Crippen LogP contribution is 2.43. The number of carbonyl (C=O) groups excluding carboxylic acids is 1. The van der Waals surface area contributed by atoms with E-state index in [0.717, 1.165) is 35.4 Å². The molecule has 2 aliphatic rings. The van der Waals surface area contributed by atoms with Crippen molar-refractivity contribution in [3.05, 3.63) is 102 Å². The van der Waals surface area contributed by atoms with E-state index in [2.05, 4.69) is 4.90 Å². The molecule has 0 N–H and O–H groups in total. The van der Waals surface area contributed by atoms with E-state index in [1.54, 1.807) is 24.3 Å². The topological polar surface area (TPSA) is 81.9 Å². The quantitative estimate of drug-likeness (QED) is 0.230. The molecule has 3 aromatic rings. The number of non-ortho nitro benzene ring substituents is 1. The molecule has 0 aromatic heterocycles. The largest absolute Gasteiger partial charge is 0.477 e. The van der Waals surface area contributed by atoms with Crippen LogP contribution in [0.25, 0.3) is 6.08 Å². The lowest BCUT2D eigenvalue weighted by Gasteiger charge is -2.30. The SMILES string of the molecule is Cc1c2c(cc3c1O/C(=C\c1ccc([N+](=O)[O-])cc1)C3=O)CN(CCc1ccc(Cl)cc1Cl)CO2. The van der Waals surface area contributed by atoms with Crippen molar-refractivity contribution in [1.29, 1.82) is 0 Å². The van der Waals surface area contributed by atoms with Gasteiger partial charge < -0.3 is 9.47 Å². The molecule has 0 bridgehead atoms. The van der Waals surface area contributed by atoms with Crippen LogP contribution in [0.2, 0.25) is 10.0 Å². The number of ketones is 1. The van der Waals surface area contributed by atoms with Crippen LogP contribution < -0.4 is 9.47 Å². The highest BCUT2D eigenvalue weighted by atomic mass is 35.5. The Labute approximate surface area is 211 Å². The standard InChI is InChI=1S/C26H20Cl2N2O5/c1-15-25-18(13-29(14-34-25)9-8-17-4-5-19(27)12-22(17)28)11-21-24(31)23(35-26(15)21)10-16-2-6-20(7-3-16)30(32)33/h2-7,10-12H,8-9,13-14H2,1H3/b23-10-. The van der Waals surface area contributed by atoms with E-state index in [-0.39, 0.29) is 17.2 Å². The van der Waals surface area contributed by atoms with Crippen molar-refractivity contribution in [1.82, 2.24) is 4.90 Å². The van der Waals surface area contributed by atoms with Gasteiger partial charge in [0.2, 0.25) is 5.78 Å². The lowest BCUT2D eigenvalue weighted by molar-refractivity contribution is -0.384. The van der Waals surface area contributed by atoms with Crippen molar-refractivity contribution < 1.29 is 19.2 Å². The molecular weight excluding hydrogens is 491 g/mol. The number of nitro benzene ring substituents is 1. The maximum absolute atomic E-state index is 13.1. The Morgan fingerprint density at radius 3 is 2.60 bits per heavy atom. The molecule has 7 nitrogen and oxygen atoms in total. The van der Waals surface area contributed by atoms with E-state index in [1.807, 2.05) is 25.1 Å². The maximum Gasteiger partial charge on any atom is 0.269 e. The summed E-state index contributed by atoms with van der Waals surface area (Å²) in [6, 6.07) is 13.3. The fourth-order valence-electron chi connectivity index (χ4n) is 4.29. The van der Waals surface area contributed by atoms with Gasteiger partial charge in [0.25, 0.3) is 5.69 Å². The summed E-state index contributed by atoms with van der Waals surface area (Å²) in [6.07, 6.45) is 2.33. The molecule has 0 unspecified atom stereocenters. The Hall–Kier alpha value is -3.39. The van der Waals surface area contributed by atoms with Crippen LogP contribution in [0.4, 0.5) is 5.69 Å². The Bertz CT molecular complexity index is 1390. The van der Waals surface area contributed by atoms with E-state index in [1.165, 1.54) is 12.1 Å². The molecule has 0 radical (unpaired) electrons. The van der Waals surface area contributed by atoms with Crippen molar-refractivity contribution in [2.45, 2.75) is 19.9 Å². The molecule has 9 heteroatoms. The highest BCUT2D eigenvalue weighted by molar-refractivity contribution is 6.35. The van der Waals surface area contributed by atoms with Gasteiger partial charge in [0.05, 0.1) is 10.5 Å². The second kappa shape index (κ2) is 9.34. The van der Waals surface area contributed by atoms with Crippen LogP contribution in [0.15, 0.2) is 54.3 Å². The van der Waals surface area contributed by atoms with E-state index in [9.17, 15) is 14.9 Å². The van der Waals surface area contributed by atoms with Gasteiger partial charge in [0.1, 0.15) is 18.2 Å². The van der Waals surface area contributed by atoms with E-state index < -0.39 is 4.92 Å². The Balaban J connectivity index is 1.34. The number of benzene rings is 3. The minimum atomic E-state index is -0.467. The monoisotopic (exact) mass is 510 g/mol. The number of nitro groups is 1. The van der Waals surface area contributed by atoms with Gasteiger partial charge in [-0.15, -0.1) is 0 Å². The second-order valence-corrected chi connectivity index (χ2v) is 9.31. The van der Waals surface area contributed by atoms with Crippen LogP contribution in [0.3, 0.4) is 0 Å². The first-order chi connectivity index (χ1) is 16.8. The summed E-state index contributed by atoms with van der Waals surface area (Å²) < 4.78 is 12.0. The molecule has 0 saturated carbocycles. The van der Waals surface area contributed by atoms with Gasteiger partial charge in [0, 0.05) is 46.4 Å². The predicted molar refractivity (Wildman–Crippen MR) is 133 cm³/mol. The normalized spacial score (nSPS) is 16.0. The molecule has 2 heterocycles. The molecule has 0 amide bonds. The van der Waals surface area contributed by atoms with Crippen molar-refractivity contribution in [2.75, 3.05) is 13.3 Å². The molecular formula is C26H20Cl2N2O5. The zero-order valence-electron chi connectivity index (χ0n) is 18.7. The number of hydrogen-bond donors (Lipinski definition) is 0. The van der Waals surface area contributed by atoms with Crippen molar-refractivity contribution in [2.24, 2.45) is 0 Å². The molecule has 0 spiro atoms. The zero-order valence-corrected chi connectivity index (χ0v) is 20.2. The van der Waals surface area contributed by atoms with Gasteiger partial charge in [-0.3, -0.25) is 19.8 Å². The fourth-order valence-corrected chi connectivity index (χ4v) is 4.79. The van der Waals surface area contributed by atoms with Gasteiger partial charge in [-0.1, -0.05) is 29.3 Å². The Morgan fingerprint density at radius 1 is 1.11 bits per heavy atom. The van der Waals surface area contributed by atoms with Crippen molar-refractivity contribution >= 4 is 40.7 Å². The van der Waals surface area contributed by atoms with Crippen LogP contribution in [0.5, 0.6) is 11.5 Å². The summed E-state index contributed by atoms with van der Waals surface area (Å²) in [5.74, 6) is 1.17. The van der Waals surface area contributed by atoms with Crippen LogP contribution in [0.1, 0.15) is 32.6 Å². The first-order valence-electron chi connectivity index (χ1n) is 10.9. The predicted octanol–water partition coefficient (Wildman–Crippen LogP) is 6.22. The number of rotatable bonds is 5. The van der Waals surface area contributed by atoms with Crippen LogP contribution in [-0.2, 0) is 13.0 Å². The lowest BCUT2D eigenvalue weighted by Crippen LogP contribution is -2.34. The van der Waals surface area contributed by atoms with E-state index in [0.29, 0.717) is 40.2 Å². The summed E-state index contributed by atoms with van der Waals surface area (Å²) in [6.45, 7) is 3.65. The maximum atomic E-state index is 13.1. The Kier molecular flexibility index (Phi) is 6.23. The summed E-state index contributed by atoms with van der Waals surface area (Å²) >= 11 is 12.3. The fraction of sp³-hybridized carbons (Fsp3) is 0.192. The molecule has 35 heavy (non-hydrogen) atoms. The third-order valence-electron chi connectivity index (χ3n) is 6.12. The molecule has 0 aliphatic carbocycles. The molecule has 0 atom stereocenters. The highest BCUT2D eigenvalue weighted by Gasteiger charge is 2.33. The molecule has 178 valence electrons. The van der Waals surface area contributed by atoms with Crippen molar-refractivity contribution in [3.8, 4) is 11.5 Å². The van der Waals surface area contributed by atoms with Crippen LogP contribution >= 0.6 is 23.2 Å². The summed E-state index contributed by atoms with van der Waals surface area (Å²) in [7, 11) is 0. The van der Waals surface area contributed by atoms with Gasteiger partial charge in [-0.2, -0.15) is 0 Å². The molecule has 5 rings (SSSR count). The van der Waals surface area contributed by atoms with E-state index >= 15 is 0 Å². The number of carbonyl (C=O) groups is 1. The third kappa shape index (κ3) is 4.62. The lowest BCUT2D eigenvalue weighted by atomic mass is 10.00. The summed E-state index contributed by atoms with van der Waals surface area (Å²) in [4.78, 5) is 25.6. The second-order valence-electron chi connectivity index (χ2n) is 8.47. The molecule has 3 aromatic carbocycles. The van der Waals surface area contributed by atoms with Crippen LogP contribution in [0, 0.1) is 17.0 Å². The number of ether oxygens (including phenoxy) is 2. The first kappa shape index (κ1) is 23.4. The zero-order chi connectivity index (χ0) is 24.7. The van der Waals surface area contributed by atoms with Gasteiger partial charge in [-0.25, -0.2) is 0 Å². The summed E-state index contributed by atoms with van der Waals surface area (Å²) in [5, 5.41) is 12.1. The number of hydrogen-bond acceptors (Lipinski definition) is 6. The minimum absolute atomic E-state index is 0.0161. The smallest absolute Gasteiger partial charge is 0.269 e. The molecule has 2 aliphatic heterocycles. The van der Waals surface area contributed by atoms with Crippen LogP contribution in [-0.4, -0.2) is 28.9 Å². The summed E-state index contributed by atoms with van der Waals surface area (Å²) in [5.41, 5.74) is 3.81. The van der Waals surface area contributed by atoms with Gasteiger partial charge in [-0.05, 0) is 60.9 Å². The first-order valence-corrected chi connectivity index (χ1v) is 11.7. The van der Waals surface area contributed by atoms with Gasteiger partial charge in [0.15, 0.2) is 5.76 Å². The number of nitrogens with zero attached hydrogens (tertiary/aromatic N) is 2. The number of allylic oxidation sites excluding steroid dienone is 1. The third-order valence-corrected chi connectivity index (χ3v) is 6.70. The minimum Gasteiger partial charge on any atom is -0.477 e. The number of fused-ring (bicyclic) bond motifs is 2. The molecule has 0 fully saturated rings. The molecule has 0 saturated heterocycles. The Morgan fingerprint density at radius 2 is 1.89 bits per heavy atom. The average molecular weight is 511 g/mol. The number of halogens is 2. The van der Waals surface area contributed by atoms with E-state index in [4.69, 9.17) is 32.7 Å².